The fraction of sp³-hybridized carbons (Fsp3) is 0.412. The monoisotopic (exact) mass is 333 g/mol. The SMILES string of the molecule is COc1ccc(NC(=S)CCCCCn2ccnc2)cc1OC. The van der Waals surface area contributed by atoms with Gasteiger partial charge in [-0.1, -0.05) is 18.6 Å². The lowest BCUT2D eigenvalue weighted by atomic mass is 10.2. The summed E-state index contributed by atoms with van der Waals surface area (Å²) in [5, 5.41) is 3.25. The third-order valence-corrected chi connectivity index (χ3v) is 3.85. The molecule has 23 heavy (non-hydrogen) atoms. The average molecular weight is 333 g/mol. The Balaban J connectivity index is 1.70. The van der Waals surface area contributed by atoms with Crippen LogP contribution in [0.4, 0.5) is 5.69 Å². The molecule has 0 radical (unpaired) electrons. The minimum absolute atomic E-state index is 0.695. The lowest BCUT2D eigenvalue weighted by Gasteiger charge is -2.12. The van der Waals surface area contributed by atoms with E-state index >= 15 is 0 Å². The largest absolute Gasteiger partial charge is 0.493 e. The maximum absolute atomic E-state index is 5.41. The van der Waals surface area contributed by atoms with E-state index in [1.807, 2.05) is 36.9 Å². The molecule has 2 rings (SSSR count). The highest BCUT2D eigenvalue weighted by molar-refractivity contribution is 7.80. The van der Waals surface area contributed by atoms with Crippen LogP contribution < -0.4 is 14.8 Å². The second-order valence-electron chi connectivity index (χ2n) is 5.23. The van der Waals surface area contributed by atoms with Crippen molar-refractivity contribution in [3.63, 3.8) is 0 Å². The number of hydrogen-bond donors (Lipinski definition) is 1. The van der Waals surface area contributed by atoms with Gasteiger partial charge in [0.1, 0.15) is 0 Å². The highest BCUT2D eigenvalue weighted by Crippen LogP contribution is 2.29. The molecule has 1 heterocycles. The number of aryl methyl sites for hydroxylation is 1. The maximum Gasteiger partial charge on any atom is 0.162 e. The first-order chi connectivity index (χ1) is 11.2. The van der Waals surface area contributed by atoms with Gasteiger partial charge in [-0.25, -0.2) is 4.98 Å². The topological polar surface area (TPSA) is 48.3 Å². The van der Waals surface area contributed by atoms with E-state index in [2.05, 4.69) is 14.9 Å². The molecule has 0 bridgehead atoms. The van der Waals surface area contributed by atoms with E-state index in [4.69, 9.17) is 21.7 Å². The van der Waals surface area contributed by atoms with Crippen LogP contribution >= 0.6 is 12.2 Å². The van der Waals surface area contributed by atoms with Gasteiger partial charge < -0.3 is 19.4 Å². The zero-order chi connectivity index (χ0) is 16.5. The molecule has 0 amide bonds. The van der Waals surface area contributed by atoms with Crippen LogP contribution in [0.15, 0.2) is 36.9 Å². The molecule has 1 aromatic heterocycles. The van der Waals surface area contributed by atoms with Crippen molar-refractivity contribution < 1.29 is 9.47 Å². The second kappa shape index (κ2) is 9.15. The Morgan fingerprint density at radius 1 is 1.17 bits per heavy atom. The molecule has 0 spiro atoms. The van der Waals surface area contributed by atoms with E-state index in [0.29, 0.717) is 11.5 Å². The molecular formula is C17H23N3O2S. The summed E-state index contributed by atoms with van der Waals surface area (Å²) >= 11 is 5.41. The Morgan fingerprint density at radius 3 is 2.70 bits per heavy atom. The van der Waals surface area contributed by atoms with Crippen molar-refractivity contribution in [3.05, 3.63) is 36.9 Å². The number of thiocarbonyl (C=S) groups is 1. The molecule has 0 aliphatic heterocycles. The average Bonchev–Trinajstić information content (AvgIpc) is 3.07. The highest BCUT2D eigenvalue weighted by Gasteiger charge is 2.05. The molecule has 2 aromatic rings. The predicted molar refractivity (Wildman–Crippen MR) is 96.5 cm³/mol. The van der Waals surface area contributed by atoms with Crippen LogP contribution in [0.5, 0.6) is 11.5 Å². The molecular weight excluding hydrogens is 310 g/mol. The van der Waals surface area contributed by atoms with Crippen LogP contribution in [0.25, 0.3) is 0 Å². The smallest absolute Gasteiger partial charge is 0.162 e. The van der Waals surface area contributed by atoms with Crippen LogP contribution in [0.1, 0.15) is 25.7 Å². The fourth-order valence-corrected chi connectivity index (χ4v) is 2.58. The molecule has 0 atom stereocenters. The predicted octanol–water partition coefficient (Wildman–Crippen LogP) is 3.90. The van der Waals surface area contributed by atoms with Gasteiger partial charge in [-0.15, -0.1) is 0 Å². The van der Waals surface area contributed by atoms with Gasteiger partial charge in [0.2, 0.25) is 0 Å². The zero-order valence-electron chi connectivity index (χ0n) is 13.6. The minimum atomic E-state index is 0.695. The quantitative estimate of drug-likeness (QED) is 0.557. The third kappa shape index (κ3) is 5.56. The first-order valence-electron chi connectivity index (χ1n) is 7.70. The number of unbranched alkanes of at least 4 members (excludes halogenated alkanes) is 2. The fourth-order valence-electron chi connectivity index (χ4n) is 2.31. The summed E-state index contributed by atoms with van der Waals surface area (Å²) in [7, 11) is 3.25. The Hall–Kier alpha value is -2.08. The van der Waals surface area contributed by atoms with Crippen molar-refractivity contribution in [1.29, 1.82) is 0 Å². The first-order valence-corrected chi connectivity index (χ1v) is 8.11. The van der Waals surface area contributed by atoms with E-state index < -0.39 is 0 Å². The van der Waals surface area contributed by atoms with E-state index in [1.54, 1.807) is 14.2 Å². The number of ether oxygens (including phenoxy) is 2. The van der Waals surface area contributed by atoms with E-state index in [-0.39, 0.29) is 0 Å². The Kier molecular flexibility index (Phi) is 6.87. The summed E-state index contributed by atoms with van der Waals surface area (Å²) in [6, 6.07) is 5.70. The summed E-state index contributed by atoms with van der Waals surface area (Å²) < 4.78 is 12.6. The molecule has 0 unspecified atom stereocenters. The molecule has 6 heteroatoms. The van der Waals surface area contributed by atoms with Crippen molar-refractivity contribution in [2.24, 2.45) is 0 Å². The number of nitrogens with one attached hydrogen (secondary N) is 1. The van der Waals surface area contributed by atoms with Crippen molar-refractivity contribution in [2.45, 2.75) is 32.2 Å². The molecule has 0 saturated heterocycles. The normalized spacial score (nSPS) is 10.3. The van der Waals surface area contributed by atoms with Gasteiger partial charge in [0.05, 0.1) is 25.5 Å². The summed E-state index contributed by atoms with van der Waals surface area (Å²) in [4.78, 5) is 4.88. The second-order valence-corrected chi connectivity index (χ2v) is 5.72. The van der Waals surface area contributed by atoms with Crippen molar-refractivity contribution >= 4 is 22.9 Å². The van der Waals surface area contributed by atoms with Crippen LogP contribution in [0, 0.1) is 0 Å². The number of methoxy groups -OCH3 is 2. The lowest BCUT2D eigenvalue weighted by Crippen LogP contribution is -2.09. The Bertz CT molecular complexity index is 614. The number of benzene rings is 1. The van der Waals surface area contributed by atoms with Crippen molar-refractivity contribution in [2.75, 3.05) is 19.5 Å². The van der Waals surface area contributed by atoms with Crippen LogP contribution in [0.3, 0.4) is 0 Å². The number of nitrogens with zero attached hydrogens (tertiary/aromatic N) is 2. The molecule has 0 saturated carbocycles. The van der Waals surface area contributed by atoms with Gasteiger partial charge in [0.25, 0.3) is 0 Å². The molecule has 124 valence electrons. The summed E-state index contributed by atoms with van der Waals surface area (Å²) in [6.45, 7) is 1.01. The maximum atomic E-state index is 5.41. The lowest BCUT2D eigenvalue weighted by molar-refractivity contribution is 0.355. The summed E-state index contributed by atoms with van der Waals surface area (Å²) in [6.07, 6.45) is 9.89. The molecule has 0 fully saturated rings. The van der Waals surface area contributed by atoms with Crippen LogP contribution in [-0.4, -0.2) is 28.8 Å². The Labute approximate surface area is 142 Å². The molecule has 1 N–H and O–H groups in total. The van der Waals surface area contributed by atoms with Crippen LogP contribution in [-0.2, 0) is 6.54 Å². The number of hydrogen-bond acceptors (Lipinski definition) is 4. The van der Waals surface area contributed by atoms with Crippen LogP contribution in [0.2, 0.25) is 0 Å². The van der Waals surface area contributed by atoms with Crippen molar-refractivity contribution in [3.8, 4) is 11.5 Å². The molecule has 5 nitrogen and oxygen atoms in total. The molecule has 0 aliphatic carbocycles. The van der Waals surface area contributed by atoms with E-state index in [0.717, 1.165) is 42.9 Å². The number of aromatic nitrogens is 2. The molecule has 0 aliphatic rings. The van der Waals surface area contributed by atoms with Gasteiger partial charge >= 0.3 is 0 Å². The van der Waals surface area contributed by atoms with E-state index in [1.165, 1.54) is 0 Å². The van der Waals surface area contributed by atoms with Gasteiger partial charge in [0.15, 0.2) is 11.5 Å². The summed E-state index contributed by atoms with van der Waals surface area (Å²) in [5.74, 6) is 1.41. The van der Waals surface area contributed by atoms with Crippen molar-refractivity contribution in [1.82, 2.24) is 9.55 Å². The summed E-state index contributed by atoms with van der Waals surface area (Å²) in [5.41, 5.74) is 0.922. The number of imidazole rings is 1. The molecule has 1 aromatic carbocycles. The Morgan fingerprint density at radius 2 is 2.00 bits per heavy atom. The first kappa shape index (κ1) is 17.3. The zero-order valence-corrected chi connectivity index (χ0v) is 14.4. The number of rotatable bonds is 9. The standard InChI is InChI=1S/C17H23N3O2S/c1-21-15-8-7-14(12-16(15)22-2)19-17(23)6-4-3-5-10-20-11-9-18-13-20/h7-9,11-13H,3-6,10H2,1-2H3,(H,19,23). The van der Waals surface area contributed by atoms with Gasteiger partial charge in [-0.3, -0.25) is 0 Å². The third-order valence-electron chi connectivity index (χ3n) is 3.55. The van der Waals surface area contributed by atoms with E-state index in [9.17, 15) is 0 Å². The van der Waals surface area contributed by atoms with Gasteiger partial charge in [-0.05, 0) is 31.4 Å². The van der Waals surface area contributed by atoms with Gasteiger partial charge in [-0.2, -0.15) is 0 Å². The highest BCUT2D eigenvalue weighted by atomic mass is 32.1. The number of anilines is 1. The minimum Gasteiger partial charge on any atom is -0.493 e. The van der Waals surface area contributed by atoms with Gasteiger partial charge in [0, 0.05) is 30.7 Å².